The molecule has 0 amide bonds. The van der Waals surface area contributed by atoms with Crippen molar-refractivity contribution in [3.8, 4) is 17.3 Å². The molecule has 4 heterocycles. The van der Waals surface area contributed by atoms with Crippen LogP contribution in [0.15, 0.2) is 58.9 Å². The molecule has 1 aromatic carbocycles. The van der Waals surface area contributed by atoms with E-state index in [1.807, 2.05) is 39.9 Å². The number of aliphatic imine (C=N–C) groups is 1. The van der Waals surface area contributed by atoms with Crippen LogP contribution in [-0.4, -0.2) is 50.7 Å². The van der Waals surface area contributed by atoms with Gasteiger partial charge in [0.2, 0.25) is 11.8 Å². The lowest BCUT2D eigenvalue weighted by Crippen LogP contribution is -2.37. The first kappa shape index (κ1) is 23.6. The van der Waals surface area contributed by atoms with Crippen molar-refractivity contribution in [2.24, 2.45) is 4.99 Å². The van der Waals surface area contributed by atoms with Gasteiger partial charge in [-0.05, 0) is 50.5 Å². The standard InChI is InChI=1S/C25H30N10O/c1-5-7-20-15-33(22-30-27-17-35(22)24(2,3)4)23(36)34(20)16-25(10-12-26-13-11-25)19-9-6-8-18(14-19)21-28-31-32-29-21/h6,8-10,12-15,17H,5,7,11,16H2,1-4H3,(H,28,29,31,32). The lowest BCUT2D eigenvalue weighted by molar-refractivity contribution is 0.388. The molecule has 1 aliphatic rings. The second-order valence-electron chi connectivity index (χ2n) is 10.1. The molecule has 1 atom stereocenters. The van der Waals surface area contributed by atoms with Crippen LogP contribution < -0.4 is 5.69 Å². The van der Waals surface area contributed by atoms with E-state index >= 15 is 0 Å². The summed E-state index contributed by atoms with van der Waals surface area (Å²) in [6.45, 7) is 8.75. The van der Waals surface area contributed by atoms with Crippen LogP contribution in [0.4, 0.5) is 0 Å². The average Bonchev–Trinajstić information content (AvgIpc) is 3.62. The predicted octanol–water partition coefficient (Wildman–Crippen LogP) is 3.04. The second-order valence-corrected chi connectivity index (χ2v) is 10.1. The monoisotopic (exact) mass is 486 g/mol. The molecule has 0 aliphatic carbocycles. The van der Waals surface area contributed by atoms with Crippen molar-refractivity contribution in [3.05, 3.63) is 70.8 Å². The van der Waals surface area contributed by atoms with Crippen LogP contribution >= 0.6 is 0 Å². The minimum atomic E-state index is -0.475. The molecule has 36 heavy (non-hydrogen) atoms. The number of aromatic amines is 1. The first-order valence-electron chi connectivity index (χ1n) is 12.1. The van der Waals surface area contributed by atoms with Gasteiger partial charge in [-0.15, -0.1) is 20.4 Å². The number of aromatic nitrogens is 9. The topological polar surface area (TPSA) is 124 Å². The number of tetrazole rings is 1. The van der Waals surface area contributed by atoms with E-state index in [-0.39, 0.29) is 11.2 Å². The summed E-state index contributed by atoms with van der Waals surface area (Å²) in [5, 5.41) is 22.8. The number of allylic oxidation sites excluding steroid dienone is 1. The zero-order valence-electron chi connectivity index (χ0n) is 21.0. The van der Waals surface area contributed by atoms with Crippen molar-refractivity contribution < 1.29 is 0 Å². The molecular formula is C25H30N10O. The molecule has 11 nitrogen and oxygen atoms in total. The predicted molar refractivity (Wildman–Crippen MR) is 136 cm³/mol. The molecule has 5 rings (SSSR count). The highest BCUT2D eigenvalue weighted by atomic mass is 16.2. The SMILES string of the molecule is CCCc1cn(-c2nncn2C(C)(C)C)c(=O)n1CC1(c2cccc(-c3nn[nH]n3)c2)C=CN=CC1. The Bertz CT molecular complexity index is 1470. The highest BCUT2D eigenvalue weighted by Gasteiger charge is 2.33. The minimum absolute atomic E-state index is 0.137. The van der Waals surface area contributed by atoms with Gasteiger partial charge < -0.3 is 0 Å². The van der Waals surface area contributed by atoms with E-state index in [1.165, 1.54) is 0 Å². The zero-order chi connectivity index (χ0) is 25.3. The normalized spacial score (nSPS) is 17.7. The summed E-state index contributed by atoms with van der Waals surface area (Å²) < 4.78 is 5.41. The van der Waals surface area contributed by atoms with Crippen LogP contribution in [0, 0.1) is 0 Å². The van der Waals surface area contributed by atoms with Gasteiger partial charge >= 0.3 is 5.69 Å². The molecule has 0 spiro atoms. The van der Waals surface area contributed by atoms with Gasteiger partial charge in [0, 0.05) is 47.4 Å². The average molecular weight is 487 g/mol. The summed E-state index contributed by atoms with van der Waals surface area (Å²) in [4.78, 5) is 18.2. The maximum absolute atomic E-state index is 13.9. The van der Waals surface area contributed by atoms with E-state index < -0.39 is 5.41 Å². The third kappa shape index (κ3) is 4.21. The van der Waals surface area contributed by atoms with Gasteiger partial charge in [0.15, 0.2) is 0 Å². The van der Waals surface area contributed by atoms with E-state index in [0.717, 1.165) is 29.7 Å². The lowest BCUT2D eigenvalue weighted by Gasteiger charge is -2.32. The molecule has 1 aliphatic heterocycles. The van der Waals surface area contributed by atoms with E-state index in [0.29, 0.717) is 24.7 Å². The van der Waals surface area contributed by atoms with Crippen molar-refractivity contribution >= 4 is 6.21 Å². The highest BCUT2D eigenvalue weighted by molar-refractivity contribution is 5.65. The lowest BCUT2D eigenvalue weighted by atomic mass is 9.76. The van der Waals surface area contributed by atoms with Crippen LogP contribution in [0.25, 0.3) is 17.3 Å². The van der Waals surface area contributed by atoms with Crippen LogP contribution in [0.2, 0.25) is 0 Å². The largest absolute Gasteiger partial charge is 0.335 e. The van der Waals surface area contributed by atoms with Gasteiger partial charge in [0.1, 0.15) is 6.33 Å². The minimum Gasteiger partial charge on any atom is -0.295 e. The van der Waals surface area contributed by atoms with Gasteiger partial charge in [-0.2, -0.15) is 5.21 Å². The van der Waals surface area contributed by atoms with Crippen molar-refractivity contribution in [2.45, 2.75) is 64.5 Å². The summed E-state index contributed by atoms with van der Waals surface area (Å²) in [5.41, 5.74) is 1.97. The van der Waals surface area contributed by atoms with Gasteiger partial charge in [-0.3, -0.25) is 14.1 Å². The fraction of sp³-hybridized carbons (Fsp3) is 0.400. The molecule has 3 aromatic heterocycles. The molecule has 186 valence electrons. The molecule has 0 saturated heterocycles. The van der Waals surface area contributed by atoms with Crippen molar-refractivity contribution in [1.29, 1.82) is 0 Å². The fourth-order valence-electron chi connectivity index (χ4n) is 4.65. The first-order chi connectivity index (χ1) is 17.3. The first-order valence-corrected chi connectivity index (χ1v) is 12.1. The Kier molecular flexibility index (Phi) is 5.99. The number of H-pyrrole nitrogens is 1. The third-order valence-electron chi connectivity index (χ3n) is 6.56. The number of aryl methyl sites for hydroxylation is 1. The van der Waals surface area contributed by atoms with Crippen molar-refractivity contribution in [3.63, 3.8) is 0 Å². The third-order valence-corrected chi connectivity index (χ3v) is 6.56. The Morgan fingerprint density at radius 2 is 2.06 bits per heavy atom. The Balaban J connectivity index is 1.62. The number of nitrogens with one attached hydrogen (secondary N) is 1. The summed E-state index contributed by atoms with van der Waals surface area (Å²) in [6.07, 6.45) is 11.7. The maximum Gasteiger partial charge on any atom is 0.335 e. The number of hydrogen-bond donors (Lipinski definition) is 1. The summed E-state index contributed by atoms with van der Waals surface area (Å²) in [7, 11) is 0. The van der Waals surface area contributed by atoms with E-state index in [4.69, 9.17) is 0 Å². The van der Waals surface area contributed by atoms with E-state index in [2.05, 4.69) is 81.7 Å². The number of rotatable bonds is 7. The molecule has 0 saturated carbocycles. The van der Waals surface area contributed by atoms with Crippen LogP contribution in [0.1, 0.15) is 51.8 Å². The molecule has 4 aromatic rings. The smallest absolute Gasteiger partial charge is 0.295 e. The summed E-state index contributed by atoms with van der Waals surface area (Å²) >= 11 is 0. The maximum atomic E-state index is 13.9. The molecule has 0 radical (unpaired) electrons. The Morgan fingerprint density at radius 3 is 2.75 bits per heavy atom. The van der Waals surface area contributed by atoms with Crippen LogP contribution in [0.5, 0.6) is 0 Å². The number of nitrogens with zero attached hydrogens (tertiary/aromatic N) is 9. The summed E-state index contributed by atoms with van der Waals surface area (Å²) in [5.74, 6) is 1.04. The zero-order valence-corrected chi connectivity index (χ0v) is 21.0. The molecular weight excluding hydrogens is 456 g/mol. The summed E-state index contributed by atoms with van der Waals surface area (Å²) in [6, 6.07) is 8.07. The van der Waals surface area contributed by atoms with E-state index in [9.17, 15) is 4.79 Å². The molecule has 1 N–H and O–H groups in total. The van der Waals surface area contributed by atoms with Gasteiger partial charge in [0.25, 0.3) is 0 Å². The Hall–Kier alpha value is -4.15. The second kappa shape index (κ2) is 9.14. The Labute approximate surface area is 208 Å². The van der Waals surface area contributed by atoms with Crippen molar-refractivity contribution in [1.82, 2.24) is 44.5 Å². The van der Waals surface area contributed by atoms with Crippen LogP contribution in [0.3, 0.4) is 0 Å². The highest BCUT2D eigenvalue weighted by Crippen LogP contribution is 2.35. The van der Waals surface area contributed by atoms with Crippen LogP contribution in [-0.2, 0) is 23.9 Å². The molecule has 0 fully saturated rings. The quantitative estimate of drug-likeness (QED) is 0.428. The molecule has 11 heteroatoms. The van der Waals surface area contributed by atoms with Crippen molar-refractivity contribution in [2.75, 3.05) is 0 Å². The van der Waals surface area contributed by atoms with Gasteiger partial charge in [-0.1, -0.05) is 37.6 Å². The molecule has 1 unspecified atom stereocenters. The molecule has 0 bridgehead atoms. The number of hydrogen-bond acceptors (Lipinski definition) is 7. The number of benzene rings is 1. The fourth-order valence-corrected chi connectivity index (χ4v) is 4.65. The van der Waals surface area contributed by atoms with Gasteiger partial charge in [0.05, 0.1) is 0 Å². The Morgan fingerprint density at radius 1 is 1.19 bits per heavy atom. The number of imidazole rings is 1. The van der Waals surface area contributed by atoms with E-state index in [1.54, 1.807) is 10.9 Å². The van der Waals surface area contributed by atoms with Gasteiger partial charge in [-0.25, -0.2) is 9.36 Å².